The molecule has 27 heavy (non-hydrogen) atoms. The van der Waals surface area contributed by atoms with E-state index in [-0.39, 0.29) is 30.1 Å². The predicted octanol–water partition coefficient (Wildman–Crippen LogP) is 3.50. The van der Waals surface area contributed by atoms with E-state index in [1.165, 1.54) is 23.3 Å². The van der Waals surface area contributed by atoms with Crippen LogP contribution in [0.5, 0.6) is 0 Å². The van der Waals surface area contributed by atoms with E-state index in [0.29, 0.717) is 12.1 Å². The van der Waals surface area contributed by atoms with Crippen LogP contribution in [0.3, 0.4) is 0 Å². The van der Waals surface area contributed by atoms with Crippen LogP contribution in [0.25, 0.3) is 0 Å². The molecule has 0 saturated heterocycles. The van der Waals surface area contributed by atoms with Crippen molar-refractivity contribution in [3.63, 3.8) is 0 Å². The van der Waals surface area contributed by atoms with Crippen LogP contribution >= 0.6 is 0 Å². The molecule has 140 valence electrons. The number of benzene rings is 2. The fourth-order valence-corrected chi connectivity index (χ4v) is 3.42. The van der Waals surface area contributed by atoms with Gasteiger partial charge in [0.05, 0.1) is 5.56 Å². The van der Waals surface area contributed by atoms with Crippen LogP contribution in [0.4, 0.5) is 0 Å². The van der Waals surface area contributed by atoms with Gasteiger partial charge in [0.15, 0.2) is 5.78 Å². The molecule has 2 aromatic carbocycles. The summed E-state index contributed by atoms with van der Waals surface area (Å²) in [6.45, 7) is 0.381. The third-order valence-electron chi connectivity index (χ3n) is 5.03. The second-order valence-electron chi connectivity index (χ2n) is 7.01. The summed E-state index contributed by atoms with van der Waals surface area (Å²) < 4.78 is 0. The minimum atomic E-state index is -0.976. The number of ketones is 1. The number of carboxylic acid groups (broad SMARTS) is 1. The lowest BCUT2D eigenvalue weighted by molar-refractivity contribution is -0.130. The van der Waals surface area contributed by atoms with Crippen LogP contribution in [0.2, 0.25) is 0 Å². The van der Waals surface area contributed by atoms with Gasteiger partial charge in [0.2, 0.25) is 5.91 Å². The third kappa shape index (κ3) is 4.61. The zero-order valence-electron chi connectivity index (χ0n) is 15.4. The Morgan fingerprint density at radius 3 is 2.30 bits per heavy atom. The lowest BCUT2D eigenvalue weighted by Gasteiger charge is -2.17. The minimum absolute atomic E-state index is 0.00254. The van der Waals surface area contributed by atoms with Gasteiger partial charge in [0.1, 0.15) is 0 Å². The molecule has 0 spiro atoms. The Morgan fingerprint density at radius 2 is 1.59 bits per heavy atom. The van der Waals surface area contributed by atoms with Gasteiger partial charge in [-0.3, -0.25) is 9.59 Å². The van der Waals surface area contributed by atoms with Crippen molar-refractivity contribution in [1.29, 1.82) is 0 Å². The van der Waals surface area contributed by atoms with Gasteiger partial charge in [-0.1, -0.05) is 24.3 Å². The van der Waals surface area contributed by atoms with Crippen molar-refractivity contribution in [3.05, 3.63) is 70.3 Å². The smallest absolute Gasteiger partial charge is 0.335 e. The number of nitrogens with zero attached hydrogens (tertiary/aromatic N) is 1. The highest BCUT2D eigenvalue weighted by Gasteiger charge is 2.16. The van der Waals surface area contributed by atoms with Crippen molar-refractivity contribution in [2.24, 2.45) is 0 Å². The number of carbonyl (C=O) groups excluding carboxylic acids is 2. The highest BCUT2D eigenvalue weighted by atomic mass is 16.4. The summed E-state index contributed by atoms with van der Waals surface area (Å²) in [5, 5.41) is 8.92. The molecule has 0 radical (unpaired) electrons. The van der Waals surface area contributed by atoms with Gasteiger partial charge in [-0.15, -0.1) is 0 Å². The zero-order valence-corrected chi connectivity index (χ0v) is 15.4. The highest BCUT2D eigenvalue weighted by molar-refractivity contribution is 5.98. The van der Waals surface area contributed by atoms with Gasteiger partial charge in [-0.05, 0) is 54.2 Å². The fourth-order valence-electron chi connectivity index (χ4n) is 3.42. The largest absolute Gasteiger partial charge is 0.478 e. The zero-order chi connectivity index (χ0) is 19.4. The summed E-state index contributed by atoms with van der Waals surface area (Å²) in [5.41, 5.74) is 4.34. The standard InChI is InChI=1S/C22H23NO4/c1-23(14-15-5-7-17(8-6-15)22(26)27)21(25)12-11-20(24)19-10-9-16-3-2-4-18(16)13-19/h5-10,13H,2-4,11-12,14H2,1H3,(H,26,27). The first kappa shape index (κ1) is 18.8. The molecule has 0 heterocycles. The Bertz CT molecular complexity index is 870. The molecule has 0 saturated carbocycles. The summed E-state index contributed by atoms with van der Waals surface area (Å²) >= 11 is 0. The molecule has 0 aromatic heterocycles. The Balaban J connectivity index is 1.52. The summed E-state index contributed by atoms with van der Waals surface area (Å²) in [6, 6.07) is 12.3. The molecular formula is C22H23NO4. The Kier molecular flexibility index (Phi) is 5.69. The van der Waals surface area contributed by atoms with E-state index >= 15 is 0 Å². The number of carbonyl (C=O) groups is 3. The van der Waals surface area contributed by atoms with Crippen LogP contribution < -0.4 is 0 Å². The Morgan fingerprint density at radius 1 is 0.926 bits per heavy atom. The molecule has 1 aliphatic carbocycles. The average molecular weight is 365 g/mol. The summed E-state index contributed by atoms with van der Waals surface area (Å²) in [7, 11) is 1.69. The molecule has 1 aliphatic rings. The number of rotatable bonds is 7. The van der Waals surface area contributed by atoms with E-state index in [2.05, 4.69) is 0 Å². The van der Waals surface area contributed by atoms with E-state index in [9.17, 15) is 14.4 Å². The van der Waals surface area contributed by atoms with Crippen LogP contribution in [0.15, 0.2) is 42.5 Å². The minimum Gasteiger partial charge on any atom is -0.478 e. The quantitative estimate of drug-likeness (QED) is 0.762. The van der Waals surface area contributed by atoms with E-state index < -0.39 is 5.97 Å². The van der Waals surface area contributed by atoms with Gasteiger partial charge in [-0.2, -0.15) is 0 Å². The molecule has 5 nitrogen and oxygen atoms in total. The Labute approximate surface area is 158 Å². The number of Topliss-reactive ketones (excluding diaryl/α,β-unsaturated/α-hetero) is 1. The molecule has 1 N–H and O–H groups in total. The maximum Gasteiger partial charge on any atom is 0.335 e. The number of hydrogen-bond acceptors (Lipinski definition) is 3. The second kappa shape index (κ2) is 8.16. The first-order chi connectivity index (χ1) is 12.9. The second-order valence-corrected chi connectivity index (χ2v) is 7.01. The van der Waals surface area contributed by atoms with E-state index in [0.717, 1.165) is 24.8 Å². The normalized spacial score (nSPS) is 12.5. The molecule has 0 aliphatic heterocycles. The van der Waals surface area contributed by atoms with Gasteiger partial charge < -0.3 is 10.0 Å². The van der Waals surface area contributed by atoms with Crippen molar-refractivity contribution in [2.45, 2.75) is 38.6 Å². The summed E-state index contributed by atoms with van der Waals surface area (Å²) in [4.78, 5) is 37.2. The van der Waals surface area contributed by atoms with Crippen molar-refractivity contribution in [1.82, 2.24) is 4.90 Å². The molecule has 2 aromatic rings. The molecule has 0 fully saturated rings. The van der Waals surface area contributed by atoms with Crippen molar-refractivity contribution < 1.29 is 19.5 Å². The summed E-state index contributed by atoms with van der Waals surface area (Å²) in [5.74, 6) is -1.08. The van der Waals surface area contributed by atoms with Crippen LogP contribution in [-0.2, 0) is 24.2 Å². The number of aryl methyl sites for hydroxylation is 2. The molecule has 3 rings (SSSR count). The molecule has 5 heteroatoms. The van der Waals surface area contributed by atoms with Gasteiger partial charge in [-0.25, -0.2) is 4.79 Å². The lowest BCUT2D eigenvalue weighted by atomic mass is 10.0. The topological polar surface area (TPSA) is 74.7 Å². The number of aromatic carboxylic acids is 1. The molecular weight excluding hydrogens is 342 g/mol. The molecule has 0 atom stereocenters. The SMILES string of the molecule is CN(Cc1ccc(C(=O)O)cc1)C(=O)CCC(=O)c1ccc2c(c1)CCC2. The van der Waals surface area contributed by atoms with Gasteiger partial charge >= 0.3 is 5.97 Å². The third-order valence-corrected chi connectivity index (χ3v) is 5.03. The van der Waals surface area contributed by atoms with Gasteiger partial charge in [0, 0.05) is 32.0 Å². The fraction of sp³-hybridized carbons (Fsp3) is 0.318. The summed E-state index contributed by atoms with van der Waals surface area (Å²) in [6.07, 6.45) is 3.61. The number of fused-ring (bicyclic) bond motifs is 1. The Hall–Kier alpha value is -2.95. The number of carboxylic acids is 1. The van der Waals surface area contributed by atoms with Crippen LogP contribution in [-0.4, -0.2) is 34.7 Å². The first-order valence-electron chi connectivity index (χ1n) is 9.15. The number of amides is 1. The first-order valence-corrected chi connectivity index (χ1v) is 9.15. The van der Waals surface area contributed by atoms with Gasteiger partial charge in [0.25, 0.3) is 0 Å². The molecule has 0 bridgehead atoms. The average Bonchev–Trinajstić information content (AvgIpc) is 3.13. The van der Waals surface area contributed by atoms with E-state index in [1.807, 2.05) is 18.2 Å². The van der Waals surface area contributed by atoms with Crippen LogP contribution in [0.1, 0.15) is 56.7 Å². The highest BCUT2D eigenvalue weighted by Crippen LogP contribution is 2.23. The number of hydrogen-bond donors (Lipinski definition) is 1. The van der Waals surface area contributed by atoms with Crippen molar-refractivity contribution in [3.8, 4) is 0 Å². The molecule has 1 amide bonds. The monoisotopic (exact) mass is 365 g/mol. The lowest BCUT2D eigenvalue weighted by Crippen LogP contribution is -2.26. The van der Waals surface area contributed by atoms with E-state index in [1.54, 1.807) is 24.1 Å². The predicted molar refractivity (Wildman–Crippen MR) is 102 cm³/mol. The maximum atomic E-state index is 12.4. The maximum absolute atomic E-state index is 12.4. The molecule has 0 unspecified atom stereocenters. The van der Waals surface area contributed by atoms with Crippen molar-refractivity contribution >= 4 is 17.7 Å². The van der Waals surface area contributed by atoms with Crippen LogP contribution in [0, 0.1) is 0 Å². The van der Waals surface area contributed by atoms with E-state index in [4.69, 9.17) is 5.11 Å². The van der Waals surface area contributed by atoms with Crippen molar-refractivity contribution in [2.75, 3.05) is 7.05 Å².